The Bertz CT molecular complexity index is 423. The van der Waals surface area contributed by atoms with Crippen molar-refractivity contribution < 1.29 is 4.79 Å². The Morgan fingerprint density at radius 1 is 1.50 bits per heavy atom. The van der Waals surface area contributed by atoms with Crippen LogP contribution in [0.3, 0.4) is 0 Å². The molecule has 0 fully saturated rings. The molecule has 0 atom stereocenters. The van der Waals surface area contributed by atoms with Gasteiger partial charge >= 0.3 is 0 Å². The third-order valence-electron chi connectivity index (χ3n) is 1.72. The van der Waals surface area contributed by atoms with Gasteiger partial charge in [-0.15, -0.1) is 11.6 Å². The van der Waals surface area contributed by atoms with Crippen molar-refractivity contribution >= 4 is 28.8 Å². The summed E-state index contributed by atoms with van der Waals surface area (Å²) in [6.45, 7) is 0. The molecular weight excluding hydrogens is 202 g/mol. The van der Waals surface area contributed by atoms with Crippen molar-refractivity contribution in [2.45, 2.75) is 0 Å². The minimum Gasteiger partial charge on any atom is -0.399 e. The normalized spacial score (nSPS) is 9.43. The quantitative estimate of drug-likeness (QED) is 0.434. The Balaban J connectivity index is 3.41. The number of hydrogen-bond acceptors (Lipinski definition) is 4. The molecule has 0 radical (unpaired) electrons. The molecule has 14 heavy (non-hydrogen) atoms. The first kappa shape index (κ1) is 10.4. The second kappa shape index (κ2) is 3.99. The first-order valence-corrected chi connectivity index (χ1v) is 4.32. The number of alkyl halides is 1. The number of anilines is 2. The highest BCUT2D eigenvalue weighted by Crippen LogP contribution is 2.21. The number of carbonyl (C=O) groups excluding carboxylic acids is 1. The maximum absolute atomic E-state index is 11.3. The highest BCUT2D eigenvalue weighted by Gasteiger charge is 2.13. The summed E-state index contributed by atoms with van der Waals surface area (Å²) < 4.78 is 0. The van der Waals surface area contributed by atoms with E-state index < -0.39 is 0 Å². The predicted octanol–water partition coefficient (Wildman–Crippen LogP) is 1.14. The van der Waals surface area contributed by atoms with E-state index in [-0.39, 0.29) is 28.5 Å². The molecular formula is C9H8ClN3O. The largest absolute Gasteiger partial charge is 0.399 e. The van der Waals surface area contributed by atoms with Crippen LogP contribution in [0.4, 0.5) is 11.4 Å². The summed E-state index contributed by atoms with van der Waals surface area (Å²) in [6.07, 6.45) is 0. The molecule has 0 saturated carbocycles. The molecule has 4 N–H and O–H groups in total. The molecule has 0 unspecified atom stereocenters. The number of Topliss-reactive ketones (excluding diaryl/α,β-unsaturated/α-hetero) is 1. The molecule has 0 saturated heterocycles. The van der Waals surface area contributed by atoms with Gasteiger partial charge in [0.25, 0.3) is 0 Å². The molecule has 1 aromatic rings. The highest BCUT2D eigenvalue weighted by molar-refractivity contribution is 6.31. The Morgan fingerprint density at radius 3 is 2.64 bits per heavy atom. The van der Waals surface area contributed by atoms with E-state index in [2.05, 4.69) is 0 Å². The summed E-state index contributed by atoms with van der Waals surface area (Å²) in [6, 6.07) is 4.68. The molecule has 72 valence electrons. The van der Waals surface area contributed by atoms with Crippen LogP contribution in [-0.4, -0.2) is 11.7 Å². The van der Waals surface area contributed by atoms with Crippen molar-refractivity contribution in [3.63, 3.8) is 0 Å². The third-order valence-corrected chi connectivity index (χ3v) is 1.97. The van der Waals surface area contributed by atoms with E-state index >= 15 is 0 Å². The van der Waals surface area contributed by atoms with Crippen LogP contribution in [-0.2, 0) is 0 Å². The average Bonchev–Trinajstić information content (AvgIpc) is 2.15. The van der Waals surface area contributed by atoms with Gasteiger partial charge in [0.05, 0.1) is 17.1 Å². The van der Waals surface area contributed by atoms with E-state index in [1.54, 1.807) is 0 Å². The van der Waals surface area contributed by atoms with Gasteiger partial charge < -0.3 is 11.5 Å². The molecule has 0 amide bonds. The van der Waals surface area contributed by atoms with E-state index in [1.807, 2.05) is 6.07 Å². The van der Waals surface area contributed by atoms with Crippen molar-refractivity contribution in [1.29, 1.82) is 5.26 Å². The Labute approximate surface area is 86.1 Å². The number of nitrogens with two attached hydrogens (primary N) is 2. The maximum atomic E-state index is 11.3. The zero-order valence-electron chi connectivity index (χ0n) is 7.25. The molecule has 0 aliphatic rings. The molecule has 4 nitrogen and oxygen atoms in total. The fourth-order valence-electron chi connectivity index (χ4n) is 1.10. The first-order chi connectivity index (χ1) is 6.60. The van der Waals surface area contributed by atoms with Crippen molar-refractivity contribution in [2.75, 3.05) is 17.3 Å². The first-order valence-electron chi connectivity index (χ1n) is 3.78. The van der Waals surface area contributed by atoms with E-state index in [0.29, 0.717) is 5.69 Å². The SMILES string of the molecule is N#Cc1c(N)cc(N)cc1C(=O)CCl. The van der Waals surface area contributed by atoms with Crippen LogP contribution in [0.15, 0.2) is 12.1 Å². The summed E-state index contributed by atoms with van der Waals surface area (Å²) in [4.78, 5) is 11.3. The fourth-order valence-corrected chi connectivity index (χ4v) is 1.25. The number of nitrogen functional groups attached to an aromatic ring is 2. The van der Waals surface area contributed by atoms with Gasteiger partial charge in [0.2, 0.25) is 0 Å². The second-order valence-electron chi connectivity index (χ2n) is 2.70. The molecule has 1 rings (SSSR count). The van der Waals surface area contributed by atoms with Gasteiger partial charge in [-0.3, -0.25) is 4.79 Å². The lowest BCUT2D eigenvalue weighted by Gasteiger charge is -2.05. The highest BCUT2D eigenvalue weighted by atomic mass is 35.5. The van der Waals surface area contributed by atoms with Crippen LogP contribution in [0.25, 0.3) is 0 Å². The predicted molar refractivity (Wildman–Crippen MR) is 55.0 cm³/mol. The summed E-state index contributed by atoms with van der Waals surface area (Å²) >= 11 is 5.38. The van der Waals surface area contributed by atoms with Crippen molar-refractivity contribution in [3.05, 3.63) is 23.3 Å². The smallest absolute Gasteiger partial charge is 0.179 e. The van der Waals surface area contributed by atoms with Crippen LogP contribution < -0.4 is 11.5 Å². The standard InChI is InChI=1S/C9H8ClN3O/c10-3-9(14)6-1-5(12)2-8(13)7(6)4-11/h1-2H,3,12-13H2. The molecule has 0 aromatic heterocycles. The monoisotopic (exact) mass is 209 g/mol. The number of nitriles is 1. The van der Waals surface area contributed by atoms with Crippen LogP contribution in [0, 0.1) is 11.3 Å². The summed E-state index contributed by atoms with van der Waals surface area (Å²) in [7, 11) is 0. The van der Waals surface area contributed by atoms with Crippen LogP contribution in [0.2, 0.25) is 0 Å². The van der Waals surface area contributed by atoms with Gasteiger partial charge in [0, 0.05) is 11.3 Å². The third kappa shape index (κ3) is 1.78. The lowest BCUT2D eigenvalue weighted by atomic mass is 10.0. The number of hydrogen-bond donors (Lipinski definition) is 2. The Hall–Kier alpha value is -1.73. The second-order valence-corrected chi connectivity index (χ2v) is 2.97. The molecule has 5 heteroatoms. The Kier molecular flexibility index (Phi) is 2.95. The zero-order chi connectivity index (χ0) is 10.7. The molecule has 1 aromatic carbocycles. The molecule has 0 aliphatic heterocycles. The lowest BCUT2D eigenvalue weighted by molar-refractivity contribution is 0.102. The van der Waals surface area contributed by atoms with Gasteiger partial charge in [-0.2, -0.15) is 5.26 Å². The van der Waals surface area contributed by atoms with Gasteiger partial charge in [-0.25, -0.2) is 0 Å². The van der Waals surface area contributed by atoms with E-state index in [0.717, 1.165) is 0 Å². The van der Waals surface area contributed by atoms with E-state index in [4.69, 9.17) is 28.3 Å². The van der Waals surface area contributed by atoms with Crippen molar-refractivity contribution in [3.8, 4) is 6.07 Å². The molecule has 0 bridgehead atoms. The van der Waals surface area contributed by atoms with Crippen LogP contribution in [0.1, 0.15) is 15.9 Å². The van der Waals surface area contributed by atoms with E-state index in [9.17, 15) is 4.79 Å². The van der Waals surface area contributed by atoms with Crippen molar-refractivity contribution in [1.82, 2.24) is 0 Å². The minimum atomic E-state index is -0.359. The lowest BCUT2D eigenvalue weighted by Crippen LogP contribution is -2.07. The molecule has 0 aliphatic carbocycles. The number of halogens is 1. The summed E-state index contributed by atoms with van der Waals surface area (Å²) in [5.74, 6) is -0.556. The number of rotatable bonds is 2. The van der Waals surface area contributed by atoms with Gasteiger partial charge in [0.1, 0.15) is 6.07 Å². The number of nitrogens with zero attached hydrogens (tertiary/aromatic N) is 1. The average molecular weight is 210 g/mol. The van der Waals surface area contributed by atoms with Gasteiger partial charge in [-0.05, 0) is 12.1 Å². The topological polar surface area (TPSA) is 92.9 Å². The van der Waals surface area contributed by atoms with Gasteiger partial charge in [0.15, 0.2) is 5.78 Å². The maximum Gasteiger partial charge on any atom is 0.179 e. The number of ketones is 1. The fraction of sp³-hybridized carbons (Fsp3) is 0.111. The van der Waals surface area contributed by atoms with Gasteiger partial charge in [-0.1, -0.05) is 0 Å². The molecule has 0 spiro atoms. The minimum absolute atomic E-state index is 0.129. The Morgan fingerprint density at radius 2 is 2.14 bits per heavy atom. The number of carbonyl (C=O) groups is 1. The van der Waals surface area contributed by atoms with Crippen molar-refractivity contribution in [2.24, 2.45) is 0 Å². The summed E-state index contributed by atoms with van der Waals surface area (Å²) in [5.41, 5.74) is 11.9. The zero-order valence-corrected chi connectivity index (χ0v) is 8.01. The van der Waals surface area contributed by atoms with Crippen LogP contribution in [0.5, 0.6) is 0 Å². The van der Waals surface area contributed by atoms with Crippen LogP contribution >= 0.6 is 11.6 Å². The molecule has 0 heterocycles. The summed E-state index contributed by atoms with van der Waals surface area (Å²) in [5, 5.41) is 8.77. The van der Waals surface area contributed by atoms with E-state index in [1.165, 1.54) is 12.1 Å². The number of benzene rings is 1.